The van der Waals surface area contributed by atoms with E-state index in [1.165, 1.54) is 15.3 Å². The van der Waals surface area contributed by atoms with Crippen LogP contribution in [0.3, 0.4) is 0 Å². The van der Waals surface area contributed by atoms with Gasteiger partial charge in [-0.05, 0) is 43.0 Å². The van der Waals surface area contributed by atoms with Crippen LogP contribution >= 0.6 is 0 Å². The number of carbonyl (C=O) groups excluding carboxylic acids is 2. The van der Waals surface area contributed by atoms with Gasteiger partial charge in [-0.25, -0.2) is 12.8 Å². The highest BCUT2D eigenvalue weighted by Crippen LogP contribution is 2.35. The number of ether oxygens (including phenoxy) is 2. The highest BCUT2D eigenvalue weighted by molar-refractivity contribution is 7.92. The van der Waals surface area contributed by atoms with E-state index in [1.807, 2.05) is 30.3 Å². The third-order valence-corrected chi connectivity index (χ3v) is 9.43. The maximum absolute atomic E-state index is 14.9. The van der Waals surface area contributed by atoms with Gasteiger partial charge < -0.3 is 19.7 Å². The Morgan fingerprint density at radius 1 is 0.956 bits per heavy atom. The van der Waals surface area contributed by atoms with E-state index in [9.17, 15) is 22.4 Å². The van der Waals surface area contributed by atoms with E-state index >= 15 is 0 Å². The van der Waals surface area contributed by atoms with Crippen molar-refractivity contribution < 1.29 is 31.9 Å². The molecule has 240 valence electrons. The van der Waals surface area contributed by atoms with Crippen molar-refractivity contribution in [1.82, 2.24) is 10.2 Å². The molecule has 1 fully saturated rings. The lowest BCUT2D eigenvalue weighted by Crippen LogP contribution is -2.52. The lowest BCUT2D eigenvalue weighted by atomic mass is 10.0. The third kappa shape index (κ3) is 8.54. The minimum atomic E-state index is -3.70. The first kappa shape index (κ1) is 32.3. The molecule has 2 aliphatic rings. The van der Waals surface area contributed by atoms with Crippen molar-refractivity contribution in [2.45, 2.75) is 63.6 Å². The Kier molecular flexibility index (Phi) is 10.6. The summed E-state index contributed by atoms with van der Waals surface area (Å²) in [5.41, 5.74) is 1.57. The van der Waals surface area contributed by atoms with Gasteiger partial charge in [-0.2, -0.15) is 0 Å². The molecule has 1 unspecified atom stereocenters. The molecule has 0 saturated heterocycles. The van der Waals surface area contributed by atoms with Gasteiger partial charge in [-0.15, -0.1) is 0 Å². The summed E-state index contributed by atoms with van der Waals surface area (Å²) in [7, 11) is -3.70. The van der Waals surface area contributed by atoms with Gasteiger partial charge in [0.1, 0.15) is 25.1 Å². The van der Waals surface area contributed by atoms with Crippen LogP contribution in [0.25, 0.3) is 0 Å². The zero-order chi connectivity index (χ0) is 31.8. The molecule has 1 saturated carbocycles. The molecule has 1 aliphatic carbocycles. The molecule has 1 N–H and O–H groups in total. The maximum Gasteiger partial charge on any atom is 0.243 e. The molecule has 1 atom stereocenters. The van der Waals surface area contributed by atoms with Crippen LogP contribution in [0.4, 0.5) is 10.1 Å². The van der Waals surface area contributed by atoms with Gasteiger partial charge >= 0.3 is 0 Å². The molecule has 0 radical (unpaired) electrons. The summed E-state index contributed by atoms with van der Waals surface area (Å²) >= 11 is 0. The highest BCUT2D eigenvalue weighted by atomic mass is 32.2. The number of nitrogens with one attached hydrogen (secondary N) is 1. The number of nitrogens with zero attached hydrogens (tertiary/aromatic N) is 2. The summed E-state index contributed by atoms with van der Waals surface area (Å²) < 4.78 is 53.0. The van der Waals surface area contributed by atoms with Crippen LogP contribution in [0.15, 0.2) is 72.8 Å². The van der Waals surface area contributed by atoms with E-state index < -0.39 is 21.9 Å². The lowest BCUT2D eigenvalue weighted by Gasteiger charge is -2.33. The summed E-state index contributed by atoms with van der Waals surface area (Å²) in [6, 6.07) is 19.7. The van der Waals surface area contributed by atoms with Gasteiger partial charge in [0.15, 0.2) is 11.5 Å². The van der Waals surface area contributed by atoms with Crippen LogP contribution in [-0.2, 0) is 32.6 Å². The number of rotatable bonds is 13. The average Bonchev–Trinajstić information content (AvgIpc) is 3.54. The summed E-state index contributed by atoms with van der Waals surface area (Å²) in [4.78, 5) is 29.3. The number of fused-ring (bicyclic) bond motifs is 1. The van der Waals surface area contributed by atoms with Crippen LogP contribution < -0.4 is 19.1 Å². The number of benzene rings is 3. The van der Waals surface area contributed by atoms with Crippen molar-refractivity contribution in [2.75, 3.05) is 30.3 Å². The number of hydrogen-bond acceptors (Lipinski definition) is 6. The second-order valence-corrected chi connectivity index (χ2v) is 13.5. The first-order chi connectivity index (χ1) is 21.7. The van der Waals surface area contributed by atoms with Crippen LogP contribution in [0.2, 0.25) is 0 Å². The lowest BCUT2D eigenvalue weighted by molar-refractivity contribution is -0.141. The molecule has 2 amide bonds. The molecule has 3 aromatic rings. The van der Waals surface area contributed by atoms with Crippen LogP contribution in [0, 0.1) is 5.82 Å². The van der Waals surface area contributed by atoms with Gasteiger partial charge in [0.05, 0.1) is 11.9 Å². The van der Waals surface area contributed by atoms with Crippen molar-refractivity contribution in [2.24, 2.45) is 0 Å². The predicted octanol–water partition coefficient (Wildman–Crippen LogP) is 4.84. The molecule has 0 spiro atoms. The minimum Gasteiger partial charge on any atom is -0.486 e. The second kappa shape index (κ2) is 14.8. The third-order valence-electron chi connectivity index (χ3n) is 8.24. The summed E-state index contributed by atoms with van der Waals surface area (Å²) in [6.45, 7) is 0.701. The predicted molar refractivity (Wildman–Crippen MR) is 170 cm³/mol. The van der Waals surface area contributed by atoms with Gasteiger partial charge in [0.2, 0.25) is 21.8 Å². The van der Waals surface area contributed by atoms with Crippen LogP contribution in [0.1, 0.15) is 49.7 Å². The molecular formula is C34H40FN3O6S. The Morgan fingerprint density at radius 3 is 2.36 bits per heavy atom. The van der Waals surface area contributed by atoms with Gasteiger partial charge in [-0.1, -0.05) is 61.4 Å². The Morgan fingerprint density at radius 2 is 1.64 bits per heavy atom. The standard InChI is InChI=1S/C34H40FN3O6S/c1-45(41,42)38(28-17-18-31-32(23-28)44-21-20-43-31)19-9-16-33(39)37(24-26-12-5-8-15-29(26)35)30(22-25-10-3-2-4-11-25)34(40)36-27-13-6-7-14-27/h2-5,8,10-12,15,17-18,23,27,30H,6-7,9,13-14,16,19-22,24H2,1H3,(H,36,40). The Labute approximate surface area is 264 Å². The van der Waals surface area contributed by atoms with Crippen molar-refractivity contribution >= 4 is 27.5 Å². The Hall–Kier alpha value is -4.12. The van der Waals surface area contributed by atoms with Crippen LogP contribution in [-0.4, -0.2) is 63.2 Å². The van der Waals surface area contributed by atoms with Gasteiger partial charge in [0.25, 0.3) is 0 Å². The summed E-state index contributed by atoms with van der Waals surface area (Å²) in [6.07, 6.45) is 5.33. The smallest absolute Gasteiger partial charge is 0.243 e. The van der Waals surface area contributed by atoms with E-state index in [-0.39, 0.29) is 50.2 Å². The molecule has 11 heteroatoms. The topological polar surface area (TPSA) is 105 Å². The monoisotopic (exact) mass is 637 g/mol. The average molecular weight is 638 g/mol. The molecule has 45 heavy (non-hydrogen) atoms. The normalized spacial score (nSPS) is 15.3. The highest BCUT2D eigenvalue weighted by Gasteiger charge is 2.33. The first-order valence-corrected chi connectivity index (χ1v) is 17.3. The summed E-state index contributed by atoms with van der Waals surface area (Å²) in [5, 5.41) is 3.14. The molecule has 0 bridgehead atoms. The zero-order valence-electron chi connectivity index (χ0n) is 25.5. The number of anilines is 1. The van der Waals surface area contributed by atoms with Gasteiger partial charge in [-0.3, -0.25) is 13.9 Å². The van der Waals surface area contributed by atoms with E-state index in [0.717, 1.165) is 37.5 Å². The van der Waals surface area contributed by atoms with Crippen molar-refractivity contribution in [1.29, 1.82) is 0 Å². The van der Waals surface area contributed by atoms with Crippen molar-refractivity contribution in [3.63, 3.8) is 0 Å². The molecule has 1 heterocycles. The van der Waals surface area contributed by atoms with E-state index in [1.54, 1.807) is 36.4 Å². The molecular weight excluding hydrogens is 597 g/mol. The van der Waals surface area contributed by atoms with E-state index in [2.05, 4.69) is 5.32 Å². The van der Waals surface area contributed by atoms with E-state index in [4.69, 9.17) is 9.47 Å². The molecule has 3 aromatic carbocycles. The first-order valence-electron chi connectivity index (χ1n) is 15.4. The van der Waals surface area contributed by atoms with Crippen molar-refractivity contribution in [3.8, 4) is 11.5 Å². The van der Waals surface area contributed by atoms with Gasteiger partial charge in [0, 0.05) is 43.6 Å². The number of halogens is 1. The minimum absolute atomic E-state index is 0.0232. The fourth-order valence-electron chi connectivity index (χ4n) is 5.92. The Bertz CT molecular complexity index is 1580. The summed E-state index contributed by atoms with van der Waals surface area (Å²) in [5.74, 6) is -0.109. The fourth-order valence-corrected chi connectivity index (χ4v) is 6.88. The number of hydrogen-bond donors (Lipinski definition) is 1. The molecule has 5 rings (SSSR count). The Balaban J connectivity index is 1.38. The SMILES string of the molecule is CS(=O)(=O)N(CCCC(=O)N(Cc1ccccc1F)C(Cc1ccccc1)C(=O)NC1CCCC1)c1ccc2c(c1)OCCO2. The number of carbonyl (C=O) groups is 2. The van der Waals surface area contributed by atoms with E-state index in [0.29, 0.717) is 36.0 Å². The zero-order valence-corrected chi connectivity index (χ0v) is 26.3. The fraction of sp³-hybridized carbons (Fsp3) is 0.412. The number of amides is 2. The van der Waals surface area contributed by atoms with Crippen LogP contribution in [0.5, 0.6) is 11.5 Å². The maximum atomic E-state index is 14.9. The number of sulfonamides is 1. The molecule has 0 aromatic heterocycles. The van der Waals surface area contributed by atoms with Crippen molar-refractivity contribution in [3.05, 3.63) is 89.7 Å². The second-order valence-electron chi connectivity index (χ2n) is 11.6. The largest absolute Gasteiger partial charge is 0.486 e. The quantitative estimate of drug-likeness (QED) is 0.288. The molecule has 1 aliphatic heterocycles. The molecule has 9 nitrogen and oxygen atoms in total.